The average molecular weight is 1300 g/mol. The zero-order chi connectivity index (χ0) is 65.9. The van der Waals surface area contributed by atoms with Crippen molar-refractivity contribution < 1.29 is 52.5 Å². The van der Waals surface area contributed by atoms with E-state index in [1.165, 1.54) is 4.90 Å². The van der Waals surface area contributed by atoms with Gasteiger partial charge in [-0.2, -0.15) is 0 Å². The first-order chi connectivity index (χ1) is 44.9. The Hall–Kier alpha value is -7.57. The molecule has 6 N–H and O–H groups in total. The Labute approximate surface area is 551 Å². The lowest BCUT2D eigenvalue weighted by atomic mass is 9.83. The highest BCUT2D eigenvalue weighted by Gasteiger charge is 2.40. The molecule has 24 heteroatoms. The first-order valence-electron chi connectivity index (χ1n) is 33.1. The molecule has 9 rings (SSSR count). The van der Waals surface area contributed by atoms with Gasteiger partial charge >= 0.3 is 6.09 Å². The number of piperazine rings is 1. The standard InChI is InChI=1S/C69H95ClN12O11/c1-6-92-58-43-55(89-5)22-19-53(58)45-82(67(88)93-68(2,3)4)46-60(84)81-30-11-16-52(44-81)50-14-10-15-51(42-50)64(85)77-61(49-12-8-7-9-13-49)65(86)73-29-39-91-41-40-90-38-25-59(83)79-36-34-78(35-37-79)31-24-57(48-17-20-54(70)21-18-48)76-66(87)69(71)26-32-80(33-27-69)63-56-23-28-72-62(56)74-47-75-63/h10,14-15,17-23,28,42-43,47,49,52,57,61H,6-9,11-13,16,24-27,29-41,44-46,71H2,1-5H3,(H,73,86)(H,76,87)(H,77,85)(H,72,74,75)/t52?,57-,61+/m0/s1. The number of likely N-dealkylation sites (tertiary alicyclic amines) is 1. The van der Waals surface area contributed by atoms with Crippen LogP contribution in [0.3, 0.4) is 0 Å². The van der Waals surface area contributed by atoms with E-state index in [1.54, 1.807) is 57.3 Å². The van der Waals surface area contributed by atoms with Crippen LogP contribution in [-0.4, -0.2) is 199 Å². The number of fused-ring (bicyclic) bond motifs is 1. The van der Waals surface area contributed by atoms with Gasteiger partial charge in [0.25, 0.3) is 5.91 Å². The number of anilines is 1. The van der Waals surface area contributed by atoms with Crippen molar-refractivity contribution in [3.8, 4) is 11.5 Å². The molecule has 3 saturated heterocycles. The smallest absolute Gasteiger partial charge is 0.411 e. The van der Waals surface area contributed by atoms with Crippen LogP contribution in [0.2, 0.25) is 5.02 Å². The largest absolute Gasteiger partial charge is 0.497 e. The Bertz CT molecular complexity index is 3290. The molecule has 6 amide bonds. The van der Waals surface area contributed by atoms with Crippen molar-refractivity contribution in [2.45, 2.75) is 134 Å². The van der Waals surface area contributed by atoms with Crippen molar-refractivity contribution in [3.05, 3.63) is 113 Å². The Balaban J connectivity index is 0.673. The highest BCUT2D eigenvalue weighted by molar-refractivity contribution is 6.30. The van der Waals surface area contributed by atoms with Crippen molar-refractivity contribution in [1.29, 1.82) is 0 Å². The molecule has 0 radical (unpaired) electrons. The maximum atomic E-state index is 14.1. The molecule has 5 heterocycles. The number of methoxy groups -OCH3 is 1. The number of carbonyl (C=O) groups is 6. The van der Waals surface area contributed by atoms with Crippen LogP contribution >= 0.6 is 11.6 Å². The minimum atomic E-state index is -1.04. The topological polar surface area (TPSA) is 268 Å². The number of nitrogens with two attached hydrogens (primary N) is 1. The minimum absolute atomic E-state index is 0.0187. The zero-order valence-corrected chi connectivity index (χ0v) is 55.5. The summed E-state index contributed by atoms with van der Waals surface area (Å²) in [6, 6.07) is 21.3. The maximum Gasteiger partial charge on any atom is 0.411 e. The van der Waals surface area contributed by atoms with Crippen molar-refractivity contribution in [2.75, 3.05) is 117 Å². The molecule has 0 bridgehead atoms. The van der Waals surface area contributed by atoms with Crippen LogP contribution in [0.15, 0.2) is 85.3 Å². The van der Waals surface area contributed by atoms with Gasteiger partial charge in [0, 0.05) is 99.8 Å². The number of halogens is 1. The van der Waals surface area contributed by atoms with Gasteiger partial charge in [0.1, 0.15) is 47.5 Å². The molecule has 4 aliphatic rings. The van der Waals surface area contributed by atoms with Crippen LogP contribution in [0.5, 0.6) is 11.5 Å². The van der Waals surface area contributed by atoms with Gasteiger partial charge in [-0.3, -0.25) is 33.8 Å². The first kappa shape index (κ1) is 69.8. The molecule has 5 aromatic rings. The summed E-state index contributed by atoms with van der Waals surface area (Å²) in [7, 11) is 1.57. The lowest BCUT2D eigenvalue weighted by molar-refractivity contribution is -0.134. The molecule has 23 nitrogen and oxygen atoms in total. The van der Waals surface area contributed by atoms with Gasteiger partial charge < -0.3 is 65.1 Å². The van der Waals surface area contributed by atoms with E-state index in [0.29, 0.717) is 112 Å². The molecule has 93 heavy (non-hydrogen) atoms. The van der Waals surface area contributed by atoms with E-state index in [9.17, 15) is 28.8 Å². The van der Waals surface area contributed by atoms with Gasteiger partial charge in [0.05, 0.1) is 70.1 Å². The normalized spacial score (nSPS) is 17.9. The SMILES string of the molecule is CCOc1cc(OC)ccc1CN(CC(=O)N1CCCC(c2cccc(C(=O)N[C@@H](C(=O)NCCOCCOCCC(=O)N3CCN(CC[C@H](NC(=O)C4(N)CCN(c5ncnc6[nH]ccc56)CC4)c4ccc(Cl)cc4)CC3)C3CCCCC3)c2)C1)C(=O)OC(C)(C)C. The van der Waals surface area contributed by atoms with E-state index < -0.39 is 23.3 Å². The van der Waals surface area contributed by atoms with Crippen LogP contribution in [0.4, 0.5) is 10.6 Å². The summed E-state index contributed by atoms with van der Waals surface area (Å²) in [5, 5.41) is 10.9. The molecular formula is C69H95ClN12O11. The number of hydrogen-bond donors (Lipinski definition) is 5. The molecule has 0 spiro atoms. The maximum absolute atomic E-state index is 14.1. The number of nitrogens with zero attached hydrogens (tertiary/aromatic N) is 7. The van der Waals surface area contributed by atoms with Crippen molar-refractivity contribution in [2.24, 2.45) is 11.7 Å². The number of benzene rings is 3. The van der Waals surface area contributed by atoms with Crippen molar-refractivity contribution in [3.63, 3.8) is 0 Å². The second-order valence-corrected chi connectivity index (χ2v) is 26.3. The second kappa shape index (κ2) is 33.5. The molecule has 4 fully saturated rings. The number of carbonyl (C=O) groups excluding carboxylic acids is 6. The van der Waals surface area contributed by atoms with E-state index in [-0.39, 0.29) is 99.9 Å². The number of piperidine rings is 2. The number of hydrogen-bond acceptors (Lipinski definition) is 16. The minimum Gasteiger partial charge on any atom is -0.497 e. The predicted octanol–water partition coefficient (Wildman–Crippen LogP) is 7.77. The van der Waals surface area contributed by atoms with Gasteiger partial charge in [0.2, 0.25) is 23.6 Å². The van der Waals surface area contributed by atoms with Crippen molar-refractivity contribution in [1.82, 2.24) is 50.5 Å². The number of rotatable bonds is 28. The Kier molecular flexibility index (Phi) is 25.1. The summed E-state index contributed by atoms with van der Waals surface area (Å²) in [6.07, 6.45) is 10.8. The molecule has 1 unspecified atom stereocenters. The number of H-pyrrole nitrogens is 1. The number of nitrogens with one attached hydrogen (secondary N) is 4. The molecule has 3 aliphatic heterocycles. The van der Waals surface area contributed by atoms with E-state index in [4.69, 9.17) is 41.0 Å². The molecule has 3 aromatic carbocycles. The predicted molar refractivity (Wildman–Crippen MR) is 355 cm³/mol. The van der Waals surface area contributed by atoms with Gasteiger partial charge in [-0.05, 0) is 132 Å². The van der Waals surface area contributed by atoms with Crippen LogP contribution in [0.1, 0.15) is 137 Å². The highest BCUT2D eigenvalue weighted by atomic mass is 35.5. The summed E-state index contributed by atoms with van der Waals surface area (Å²) in [5.74, 6) is 0.940. The molecule has 1 saturated carbocycles. The molecule has 3 atom stereocenters. The van der Waals surface area contributed by atoms with Crippen molar-refractivity contribution >= 4 is 64.1 Å². The summed E-state index contributed by atoms with van der Waals surface area (Å²) < 4.78 is 28.7. The van der Waals surface area contributed by atoms with Gasteiger partial charge in [-0.15, -0.1) is 0 Å². The fourth-order valence-electron chi connectivity index (χ4n) is 12.9. The third kappa shape index (κ3) is 19.8. The molecular weight excluding hydrogens is 1210 g/mol. The van der Waals surface area contributed by atoms with Crippen LogP contribution < -0.4 is 36.1 Å². The average Bonchev–Trinajstić information content (AvgIpc) is 1.80. The highest BCUT2D eigenvalue weighted by Crippen LogP contribution is 2.33. The number of aromatic nitrogens is 3. The summed E-state index contributed by atoms with van der Waals surface area (Å²) in [5.41, 5.74) is 8.80. The van der Waals surface area contributed by atoms with Gasteiger partial charge in [0.15, 0.2) is 0 Å². The zero-order valence-electron chi connectivity index (χ0n) is 54.8. The number of aromatic amines is 1. The Morgan fingerprint density at radius 2 is 1.57 bits per heavy atom. The van der Waals surface area contributed by atoms with E-state index >= 15 is 0 Å². The fraction of sp³-hybridized carbons (Fsp3) is 0.565. The third-order valence-electron chi connectivity index (χ3n) is 18.2. The molecule has 2 aromatic heterocycles. The van der Waals surface area contributed by atoms with E-state index in [0.717, 1.165) is 72.9 Å². The Morgan fingerprint density at radius 3 is 2.30 bits per heavy atom. The summed E-state index contributed by atoms with van der Waals surface area (Å²) in [6.45, 7) is 14.2. The molecule has 1 aliphatic carbocycles. The molecule has 504 valence electrons. The van der Waals surface area contributed by atoms with Gasteiger partial charge in [-0.25, -0.2) is 14.8 Å². The summed E-state index contributed by atoms with van der Waals surface area (Å²) >= 11 is 6.27. The van der Waals surface area contributed by atoms with E-state index in [2.05, 4.69) is 40.7 Å². The first-order valence-corrected chi connectivity index (χ1v) is 33.5. The summed E-state index contributed by atoms with van der Waals surface area (Å²) in [4.78, 5) is 105. The van der Waals surface area contributed by atoms with Gasteiger partial charge in [-0.1, -0.05) is 55.1 Å². The van der Waals surface area contributed by atoms with Crippen LogP contribution in [-0.2, 0) is 39.9 Å². The monoisotopic (exact) mass is 1300 g/mol. The van der Waals surface area contributed by atoms with E-state index in [1.807, 2.05) is 72.6 Å². The lowest BCUT2D eigenvalue weighted by Gasteiger charge is -2.39. The lowest BCUT2D eigenvalue weighted by Crippen LogP contribution is -2.60. The number of ether oxygens (including phenoxy) is 5. The van der Waals surface area contributed by atoms with Crippen LogP contribution in [0.25, 0.3) is 11.0 Å². The third-order valence-corrected chi connectivity index (χ3v) is 18.4. The fourth-order valence-corrected chi connectivity index (χ4v) is 13.0. The number of amides is 6. The second-order valence-electron chi connectivity index (χ2n) is 25.8. The van der Waals surface area contributed by atoms with Crippen LogP contribution in [0, 0.1) is 5.92 Å². The Morgan fingerprint density at radius 1 is 0.817 bits per heavy atom. The quantitative estimate of drug-likeness (QED) is 0.0299.